The molecule has 1 heterocycles. The van der Waals surface area contributed by atoms with Crippen molar-refractivity contribution in [3.63, 3.8) is 0 Å². The van der Waals surface area contributed by atoms with E-state index in [4.69, 9.17) is 5.73 Å². The lowest BCUT2D eigenvalue weighted by atomic mass is 10.5. The molecular weight excluding hydrogens is 170 g/mol. The molecular formula is C4H9N3O3S. The second kappa shape index (κ2) is 2.76. The summed E-state index contributed by atoms with van der Waals surface area (Å²) in [5.41, 5.74) is 4.82. The van der Waals surface area contributed by atoms with Crippen molar-refractivity contribution >= 4 is 16.1 Å². The standard InChI is InChI=1S/C4H9N3O3S/c5-4(8)3-7-2-1-6-11(7,9)10/h6H,1-3H2,(H2,5,8). The minimum atomic E-state index is -3.40. The minimum absolute atomic E-state index is 0.241. The SMILES string of the molecule is NC(=O)CN1CCNS1(=O)=O. The van der Waals surface area contributed by atoms with Crippen LogP contribution in [0.15, 0.2) is 0 Å². The van der Waals surface area contributed by atoms with Crippen LogP contribution in [0, 0.1) is 0 Å². The number of nitrogens with zero attached hydrogens (tertiary/aromatic N) is 1. The van der Waals surface area contributed by atoms with Gasteiger partial charge in [0.15, 0.2) is 0 Å². The van der Waals surface area contributed by atoms with E-state index in [0.29, 0.717) is 13.1 Å². The van der Waals surface area contributed by atoms with Gasteiger partial charge in [0.05, 0.1) is 6.54 Å². The van der Waals surface area contributed by atoms with E-state index in [0.717, 1.165) is 4.31 Å². The second-order valence-corrected chi connectivity index (χ2v) is 3.95. The Morgan fingerprint density at radius 2 is 2.27 bits per heavy atom. The van der Waals surface area contributed by atoms with Crippen molar-refractivity contribution < 1.29 is 13.2 Å². The van der Waals surface area contributed by atoms with Crippen molar-refractivity contribution in [1.82, 2.24) is 9.03 Å². The fourth-order valence-electron chi connectivity index (χ4n) is 0.849. The summed E-state index contributed by atoms with van der Waals surface area (Å²) in [7, 11) is -3.40. The fraction of sp³-hybridized carbons (Fsp3) is 0.750. The third-order valence-corrected chi connectivity index (χ3v) is 2.88. The van der Waals surface area contributed by atoms with Gasteiger partial charge in [-0.15, -0.1) is 0 Å². The molecule has 0 spiro atoms. The van der Waals surface area contributed by atoms with Crippen LogP contribution in [0.25, 0.3) is 0 Å². The van der Waals surface area contributed by atoms with Crippen LogP contribution in [0.3, 0.4) is 0 Å². The summed E-state index contributed by atoms with van der Waals surface area (Å²) in [6, 6.07) is 0. The van der Waals surface area contributed by atoms with Gasteiger partial charge in [-0.1, -0.05) is 0 Å². The van der Waals surface area contributed by atoms with Crippen molar-refractivity contribution in [2.45, 2.75) is 0 Å². The molecule has 0 aromatic carbocycles. The number of primary amides is 1. The summed E-state index contributed by atoms with van der Waals surface area (Å²) < 4.78 is 25.1. The molecule has 0 aromatic rings. The summed E-state index contributed by atoms with van der Waals surface area (Å²) in [5.74, 6) is -0.641. The molecule has 0 saturated carbocycles. The first kappa shape index (κ1) is 8.44. The van der Waals surface area contributed by atoms with Crippen molar-refractivity contribution in [2.24, 2.45) is 5.73 Å². The average Bonchev–Trinajstić information content (AvgIpc) is 2.10. The molecule has 1 rings (SSSR count). The summed E-state index contributed by atoms with van der Waals surface area (Å²) in [6.45, 7) is 0.413. The Labute approximate surface area is 64.5 Å². The summed E-state index contributed by atoms with van der Waals surface area (Å²) in [5, 5.41) is 0. The third-order valence-electron chi connectivity index (χ3n) is 1.32. The van der Waals surface area contributed by atoms with Crippen LogP contribution in [0.5, 0.6) is 0 Å². The molecule has 1 aliphatic heterocycles. The van der Waals surface area contributed by atoms with Crippen LogP contribution in [-0.2, 0) is 15.0 Å². The van der Waals surface area contributed by atoms with Crippen LogP contribution in [-0.4, -0.2) is 38.3 Å². The van der Waals surface area contributed by atoms with Crippen molar-refractivity contribution in [2.75, 3.05) is 19.6 Å². The molecule has 0 radical (unpaired) electrons. The molecule has 1 saturated heterocycles. The largest absolute Gasteiger partial charge is 0.369 e. The Morgan fingerprint density at radius 3 is 2.64 bits per heavy atom. The monoisotopic (exact) mass is 179 g/mol. The molecule has 0 atom stereocenters. The Bertz CT molecular complexity index is 260. The van der Waals surface area contributed by atoms with Crippen molar-refractivity contribution in [3.8, 4) is 0 Å². The van der Waals surface area contributed by atoms with Crippen LogP contribution in [0.4, 0.5) is 0 Å². The van der Waals surface area contributed by atoms with Crippen molar-refractivity contribution in [3.05, 3.63) is 0 Å². The maximum Gasteiger partial charge on any atom is 0.280 e. The zero-order chi connectivity index (χ0) is 8.48. The molecule has 11 heavy (non-hydrogen) atoms. The van der Waals surface area contributed by atoms with Gasteiger partial charge < -0.3 is 5.73 Å². The first-order valence-corrected chi connectivity index (χ1v) is 4.49. The van der Waals surface area contributed by atoms with Gasteiger partial charge >= 0.3 is 0 Å². The summed E-state index contributed by atoms with van der Waals surface area (Å²) in [4.78, 5) is 10.3. The molecule has 0 bridgehead atoms. The minimum Gasteiger partial charge on any atom is -0.369 e. The highest BCUT2D eigenvalue weighted by atomic mass is 32.2. The molecule has 1 aliphatic rings. The lowest BCUT2D eigenvalue weighted by molar-refractivity contribution is -0.118. The van der Waals surface area contributed by atoms with Gasteiger partial charge in [0.25, 0.3) is 10.2 Å². The van der Waals surface area contributed by atoms with Crippen LogP contribution >= 0.6 is 0 Å². The highest BCUT2D eigenvalue weighted by Gasteiger charge is 2.28. The highest BCUT2D eigenvalue weighted by molar-refractivity contribution is 7.87. The van der Waals surface area contributed by atoms with E-state index in [1.807, 2.05) is 0 Å². The number of carbonyl (C=O) groups is 1. The first-order chi connectivity index (χ1) is 5.02. The topological polar surface area (TPSA) is 92.5 Å². The molecule has 7 heteroatoms. The number of hydrogen-bond donors (Lipinski definition) is 2. The van der Waals surface area contributed by atoms with Gasteiger partial charge in [-0.25, -0.2) is 4.72 Å². The van der Waals surface area contributed by atoms with Gasteiger partial charge in [-0.2, -0.15) is 12.7 Å². The molecule has 0 aliphatic carbocycles. The number of rotatable bonds is 2. The number of nitrogens with two attached hydrogens (primary N) is 1. The lowest BCUT2D eigenvalue weighted by Crippen LogP contribution is -2.36. The smallest absolute Gasteiger partial charge is 0.280 e. The molecule has 64 valence electrons. The van der Waals surface area contributed by atoms with Crippen LogP contribution < -0.4 is 10.5 Å². The van der Waals surface area contributed by atoms with Gasteiger partial charge in [0.1, 0.15) is 0 Å². The quantitative estimate of drug-likeness (QED) is 0.496. The summed E-state index contributed by atoms with van der Waals surface area (Å²) in [6.07, 6.45) is 0. The second-order valence-electron chi connectivity index (χ2n) is 2.20. The highest BCUT2D eigenvalue weighted by Crippen LogP contribution is 2.01. The van der Waals surface area contributed by atoms with E-state index in [1.54, 1.807) is 0 Å². The van der Waals surface area contributed by atoms with E-state index >= 15 is 0 Å². The Hall–Kier alpha value is -0.660. The van der Waals surface area contributed by atoms with Crippen LogP contribution in [0.2, 0.25) is 0 Å². The van der Waals surface area contributed by atoms with E-state index < -0.39 is 16.1 Å². The lowest BCUT2D eigenvalue weighted by Gasteiger charge is -2.09. The van der Waals surface area contributed by atoms with Gasteiger partial charge in [-0.3, -0.25) is 4.79 Å². The molecule has 0 unspecified atom stereocenters. The Kier molecular flexibility index (Phi) is 2.12. The number of nitrogens with one attached hydrogen (secondary N) is 1. The predicted octanol–water partition coefficient (Wildman–Crippen LogP) is -2.38. The van der Waals surface area contributed by atoms with E-state index in [2.05, 4.69) is 4.72 Å². The molecule has 0 aromatic heterocycles. The number of hydrogen-bond acceptors (Lipinski definition) is 3. The predicted molar refractivity (Wildman–Crippen MR) is 37.7 cm³/mol. The zero-order valence-corrected chi connectivity index (χ0v) is 6.60. The van der Waals surface area contributed by atoms with Gasteiger partial charge in [0.2, 0.25) is 5.91 Å². The van der Waals surface area contributed by atoms with Crippen LogP contribution in [0.1, 0.15) is 0 Å². The number of amides is 1. The maximum absolute atomic E-state index is 10.9. The molecule has 3 N–H and O–H groups in total. The van der Waals surface area contributed by atoms with E-state index in [-0.39, 0.29) is 6.54 Å². The maximum atomic E-state index is 10.9. The van der Waals surface area contributed by atoms with Gasteiger partial charge in [-0.05, 0) is 0 Å². The number of carbonyl (C=O) groups excluding carboxylic acids is 1. The first-order valence-electron chi connectivity index (χ1n) is 3.05. The third kappa shape index (κ3) is 1.88. The van der Waals surface area contributed by atoms with Gasteiger partial charge in [0, 0.05) is 13.1 Å². The zero-order valence-electron chi connectivity index (χ0n) is 5.78. The normalized spacial score (nSPS) is 23.6. The van der Waals surface area contributed by atoms with E-state index in [9.17, 15) is 13.2 Å². The fourth-order valence-corrected chi connectivity index (χ4v) is 2.01. The Balaban J connectivity index is 2.66. The Morgan fingerprint density at radius 1 is 1.64 bits per heavy atom. The van der Waals surface area contributed by atoms with E-state index in [1.165, 1.54) is 0 Å². The van der Waals surface area contributed by atoms with Crippen molar-refractivity contribution in [1.29, 1.82) is 0 Å². The molecule has 1 fully saturated rings. The molecule has 1 amide bonds. The summed E-state index contributed by atoms with van der Waals surface area (Å²) >= 11 is 0. The average molecular weight is 179 g/mol. The molecule has 6 nitrogen and oxygen atoms in total.